The summed E-state index contributed by atoms with van der Waals surface area (Å²) in [5, 5.41) is 0. The first-order chi connectivity index (χ1) is 9.33. The fourth-order valence-corrected chi connectivity index (χ4v) is 2.27. The van der Waals surface area contributed by atoms with E-state index >= 15 is 0 Å². The van der Waals surface area contributed by atoms with Crippen molar-refractivity contribution < 1.29 is 0 Å². The molecular weight excluding hydrogens is 250 g/mol. The van der Waals surface area contributed by atoms with Crippen LogP contribution in [0.15, 0.2) is 77.7 Å². The second-order valence-electron chi connectivity index (χ2n) is 4.33. The topological polar surface area (TPSA) is 12.9 Å². The lowest BCUT2D eigenvalue weighted by Crippen LogP contribution is -1.88. The summed E-state index contributed by atoms with van der Waals surface area (Å²) in [4.78, 5) is 5.65. The lowest BCUT2D eigenvalue weighted by atomic mass is 10.1. The lowest BCUT2D eigenvalue weighted by Gasteiger charge is -2.06. The van der Waals surface area contributed by atoms with Gasteiger partial charge in [0.1, 0.15) is 0 Å². The summed E-state index contributed by atoms with van der Waals surface area (Å²) < 4.78 is 0. The van der Waals surface area contributed by atoms with Crippen LogP contribution in [0.25, 0.3) is 22.5 Å². The van der Waals surface area contributed by atoms with E-state index < -0.39 is 0 Å². The minimum Gasteiger partial charge on any atom is -0.248 e. The molecule has 0 atom stereocenters. The molecule has 0 N–H and O–H groups in total. The number of hydrogen-bond acceptors (Lipinski definition) is 2. The molecule has 0 fully saturated rings. The molecule has 0 bridgehead atoms. The van der Waals surface area contributed by atoms with Crippen LogP contribution in [-0.4, -0.2) is 4.98 Å². The molecule has 1 aromatic heterocycles. The normalized spacial score (nSPS) is 10.4. The van der Waals surface area contributed by atoms with E-state index in [1.807, 2.05) is 48.5 Å². The van der Waals surface area contributed by atoms with Crippen LogP contribution in [0, 0.1) is 0 Å². The zero-order valence-corrected chi connectivity index (χ0v) is 11.2. The summed E-state index contributed by atoms with van der Waals surface area (Å²) in [6, 6.07) is 24.3. The Bertz CT molecular complexity index is 620. The Morgan fingerprint density at radius 3 is 1.47 bits per heavy atom. The molecule has 0 radical (unpaired) electrons. The fraction of sp³-hybridized carbons (Fsp3) is 0. The fourth-order valence-electron chi connectivity index (χ4n) is 2.03. The molecule has 2 aromatic carbocycles. The van der Waals surface area contributed by atoms with Gasteiger partial charge in [-0.2, -0.15) is 0 Å². The van der Waals surface area contributed by atoms with E-state index in [4.69, 9.17) is 4.98 Å². The molecule has 0 aliphatic carbocycles. The van der Waals surface area contributed by atoms with E-state index in [0.29, 0.717) is 0 Å². The smallest absolute Gasteiger partial charge is 0.0720 e. The summed E-state index contributed by atoms with van der Waals surface area (Å²) >= 11 is 4.48. The molecule has 0 aliphatic rings. The number of thiol groups is 1. The summed E-state index contributed by atoms with van der Waals surface area (Å²) in [6.07, 6.45) is 0. The van der Waals surface area contributed by atoms with Crippen LogP contribution in [0.4, 0.5) is 0 Å². The van der Waals surface area contributed by atoms with Crippen molar-refractivity contribution in [1.29, 1.82) is 0 Å². The van der Waals surface area contributed by atoms with E-state index in [1.165, 1.54) is 0 Å². The maximum Gasteiger partial charge on any atom is 0.0720 e. The number of nitrogens with zero attached hydrogens (tertiary/aromatic N) is 1. The summed E-state index contributed by atoms with van der Waals surface area (Å²) in [6.45, 7) is 0. The number of rotatable bonds is 2. The van der Waals surface area contributed by atoms with Crippen molar-refractivity contribution in [2.45, 2.75) is 4.90 Å². The number of benzene rings is 2. The third kappa shape index (κ3) is 2.69. The molecule has 1 heterocycles. The van der Waals surface area contributed by atoms with Crippen LogP contribution in [0.3, 0.4) is 0 Å². The number of aromatic nitrogens is 1. The predicted octanol–water partition coefficient (Wildman–Crippen LogP) is 4.70. The van der Waals surface area contributed by atoms with Gasteiger partial charge in [0.25, 0.3) is 0 Å². The highest BCUT2D eigenvalue weighted by Crippen LogP contribution is 2.25. The van der Waals surface area contributed by atoms with Crippen LogP contribution < -0.4 is 0 Å². The second-order valence-corrected chi connectivity index (χ2v) is 4.84. The Balaban J connectivity index is 2.12. The van der Waals surface area contributed by atoms with Gasteiger partial charge in [-0.1, -0.05) is 60.7 Å². The van der Waals surface area contributed by atoms with Gasteiger partial charge in [0.2, 0.25) is 0 Å². The minimum atomic E-state index is 0.924. The third-order valence-corrected chi connectivity index (χ3v) is 3.21. The maximum absolute atomic E-state index is 4.73. The van der Waals surface area contributed by atoms with E-state index in [2.05, 4.69) is 36.9 Å². The summed E-state index contributed by atoms with van der Waals surface area (Å²) in [7, 11) is 0. The lowest BCUT2D eigenvalue weighted by molar-refractivity contribution is 1.27. The van der Waals surface area contributed by atoms with E-state index in [-0.39, 0.29) is 0 Å². The van der Waals surface area contributed by atoms with Crippen molar-refractivity contribution in [3.63, 3.8) is 0 Å². The average molecular weight is 263 g/mol. The van der Waals surface area contributed by atoms with Crippen molar-refractivity contribution in [1.82, 2.24) is 4.98 Å². The summed E-state index contributed by atoms with van der Waals surface area (Å²) in [5.74, 6) is 0. The monoisotopic (exact) mass is 263 g/mol. The third-order valence-electron chi connectivity index (χ3n) is 2.95. The standard InChI is InChI=1S/C17H13NS/c19-15-11-16(13-7-3-1-4-8-13)18-17(12-15)14-9-5-2-6-10-14/h1-12H,(H,18,19). The van der Waals surface area contributed by atoms with Crippen molar-refractivity contribution in [3.8, 4) is 22.5 Å². The molecule has 0 unspecified atom stereocenters. The molecule has 3 rings (SSSR count). The molecule has 2 heteroatoms. The molecule has 0 spiro atoms. The van der Waals surface area contributed by atoms with E-state index in [0.717, 1.165) is 27.4 Å². The Morgan fingerprint density at radius 2 is 1.05 bits per heavy atom. The Hall–Kier alpha value is -2.06. The molecule has 0 aliphatic heterocycles. The van der Waals surface area contributed by atoms with Gasteiger partial charge in [0.05, 0.1) is 11.4 Å². The molecule has 19 heavy (non-hydrogen) atoms. The van der Waals surface area contributed by atoms with Gasteiger partial charge in [0, 0.05) is 16.0 Å². The zero-order chi connectivity index (χ0) is 13.1. The quantitative estimate of drug-likeness (QED) is 0.661. The first-order valence-electron chi connectivity index (χ1n) is 6.15. The molecular formula is C17H13NS. The van der Waals surface area contributed by atoms with Crippen LogP contribution >= 0.6 is 12.6 Å². The van der Waals surface area contributed by atoms with Crippen molar-refractivity contribution in [3.05, 3.63) is 72.8 Å². The van der Waals surface area contributed by atoms with Crippen molar-refractivity contribution in [2.24, 2.45) is 0 Å². The van der Waals surface area contributed by atoms with Gasteiger partial charge < -0.3 is 0 Å². The Labute approximate surface area is 118 Å². The highest BCUT2D eigenvalue weighted by molar-refractivity contribution is 7.80. The average Bonchev–Trinajstić information content (AvgIpc) is 2.48. The van der Waals surface area contributed by atoms with E-state index in [9.17, 15) is 0 Å². The molecule has 3 aromatic rings. The second kappa shape index (κ2) is 5.29. The van der Waals surface area contributed by atoms with Crippen molar-refractivity contribution in [2.75, 3.05) is 0 Å². The first-order valence-corrected chi connectivity index (χ1v) is 6.59. The maximum atomic E-state index is 4.73. The Morgan fingerprint density at radius 1 is 0.632 bits per heavy atom. The minimum absolute atomic E-state index is 0.924. The largest absolute Gasteiger partial charge is 0.248 e. The van der Waals surface area contributed by atoms with Crippen LogP contribution in [0.1, 0.15) is 0 Å². The van der Waals surface area contributed by atoms with Gasteiger partial charge >= 0.3 is 0 Å². The number of hydrogen-bond donors (Lipinski definition) is 1. The van der Waals surface area contributed by atoms with Crippen molar-refractivity contribution >= 4 is 12.6 Å². The SMILES string of the molecule is Sc1cc(-c2ccccc2)nc(-c2ccccc2)c1. The van der Waals surface area contributed by atoms with E-state index in [1.54, 1.807) is 0 Å². The zero-order valence-electron chi connectivity index (χ0n) is 10.3. The Kier molecular flexibility index (Phi) is 3.34. The van der Waals surface area contributed by atoms with Gasteiger partial charge in [0.15, 0.2) is 0 Å². The summed E-state index contributed by atoms with van der Waals surface area (Å²) in [5.41, 5.74) is 4.12. The predicted molar refractivity (Wildman–Crippen MR) is 82.4 cm³/mol. The van der Waals surface area contributed by atoms with Gasteiger partial charge in [-0.15, -0.1) is 12.6 Å². The highest BCUT2D eigenvalue weighted by Gasteiger charge is 2.04. The van der Waals surface area contributed by atoms with Gasteiger partial charge in [-0.3, -0.25) is 0 Å². The highest BCUT2D eigenvalue weighted by atomic mass is 32.1. The van der Waals surface area contributed by atoms with Gasteiger partial charge in [-0.05, 0) is 12.1 Å². The van der Waals surface area contributed by atoms with Crippen LogP contribution in [0.2, 0.25) is 0 Å². The number of pyridine rings is 1. The molecule has 0 amide bonds. The van der Waals surface area contributed by atoms with Crippen LogP contribution in [-0.2, 0) is 0 Å². The van der Waals surface area contributed by atoms with Crippen LogP contribution in [0.5, 0.6) is 0 Å². The molecule has 1 nitrogen and oxygen atoms in total. The van der Waals surface area contributed by atoms with Gasteiger partial charge in [-0.25, -0.2) is 4.98 Å². The first kappa shape index (κ1) is 12.0. The molecule has 92 valence electrons. The molecule has 0 saturated heterocycles. The molecule has 0 saturated carbocycles.